The molecule has 2 aromatic rings. The van der Waals surface area contributed by atoms with Gasteiger partial charge in [-0.25, -0.2) is 8.42 Å². The lowest BCUT2D eigenvalue weighted by Crippen LogP contribution is -2.48. The Kier molecular flexibility index (Phi) is 6.82. The number of nitrogens with zero attached hydrogens (tertiary/aromatic N) is 1. The summed E-state index contributed by atoms with van der Waals surface area (Å²) < 4.78 is 26.9. The van der Waals surface area contributed by atoms with Crippen LogP contribution in [0.15, 0.2) is 42.5 Å². The first-order valence-electron chi connectivity index (χ1n) is 14.7. The van der Waals surface area contributed by atoms with Crippen molar-refractivity contribution in [2.24, 2.45) is 17.8 Å². The molecule has 1 N–H and O–H groups in total. The monoisotopic (exact) mass is 534 g/mol. The molecule has 5 aliphatic carbocycles. The van der Waals surface area contributed by atoms with E-state index in [-0.39, 0.29) is 23.9 Å². The zero-order valence-corrected chi connectivity index (χ0v) is 23.7. The van der Waals surface area contributed by atoms with Crippen LogP contribution in [0.25, 0.3) is 0 Å². The van der Waals surface area contributed by atoms with Gasteiger partial charge in [-0.15, -0.1) is 0 Å². The van der Waals surface area contributed by atoms with Gasteiger partial charge in [0.2, 0.25) is 15.9 Å². The van der Waals surface area contributed by atoms with Crippen LogP contribution in [-0.2, 0) is 33.1 Å². The number of hydrogen-bond acceptors (Lipinski definition) is 3. The van der Waals surface area contributed by atoms with E-state index in [1.807, 2.05) is 12.1 Å². The van der Waals surface area contributed by atoms with Crippen molar-refractivity contribution in [1.29, 1.82) is 0 Å². The molecule has 4 bridgehead atoms. The maximum absolute atomic E-state index is 13.2. The summed E-state index contributed by atoms with van der Waals surface area (Å²) >= 11 is 0. The number of aryl methyl sites for hydroxylation is 2. The summed E-state index contributed by atoms with van der Waals surface area (Å²) in [7, 11) is -3.62. The molecule has 1 amide bonds. The molecule has 4 fully saturated rings. The Balaban J connectivity index is 1.17. The zero-order chi connectivity index (χ0) is 26.5. The van der Waals surface area contributed by atoms with Crippen LogP contribution >= 0.6 is 0 Å². The second kappa shape index (κ2) is 10.0. The highest BCUT2D eigenvalue weighted by Crippen LogP contribution is 2.60. The molecule has 4 saturated carbocycles. The van der Waals surface area contributed by atoms with Crippen molar-refractivity contribution in [1.82, 2.24) is 5.32 Å². The number of sulfonamides is 1. The third-order valence-electron chi connectivity index (χ3n) is 10.0. The Morgan fingerprint density at radius 1 is 0.947 bits per heavy atom. The number of anilines is 1. The lowest BCUT2D eigenvalue weighted by molar-refractivity contribution is -0.120. The average Bonchev–Trinajstić information content (AvgIpc) is 2.89. The van der Waals surface area contributed by atoms with Crippen molar-refractivity contribution in [2.75, 3.05) is 17.1 Å². The van der Waals surface area contributed by atoms with E-state index in [4.69, 9.17) is 0 Å². The smallest absolute Gasteiger partial charge is 0.241 e. The summed E-state index contributed by atoms with van der Waals surface area (Å²) in [5.41, 5.74) is 6.10. The number of hydrogen-bond donors (Lipinski definition) is 1. The van der Waals surface area contributed by atoms with Crippen LogP contribution in [0, 0.1) is 17.8 Å². The molecule has 5 nitrogen and oxygen atoms in total. The second-order valence-electron chi connectivity index (χ2n) is 12.8. The number of carbonyl (C=O) groups is 1. The van der Waals surface area contributed by atoms with Crippen LogP contribution in [0.5, 0.6) is 0 Å². The Labute approximate surface area is 228 Å². The largest absolute Gasteiger partial charge is 0.348 e. The number of fused-ring (bicyclic) bond motifs is 1. The quantitative estimate of drug-likeness (QED) is 0.447. The van der Waals surface area contributed by atoms with Crippen LogP contribution in [0.2, 0.25) is 0 Å². The van der Waals surface area contributed by atoms with Gasteiger partial charge in [0, 0.05) is 0 Å². The molecule has 204 valence electrons. The lowest BCUT2D eigenvalue weighted by Gasteiger charge is -2.57. The van der Waals surface area contributed by atoms with E-state index in [9.17, 15) is 13.2 Å². The van der Waals surface area contributed by atoms with Crippen molar-refractivity contribution in [2.45, 2.75) is 89.0 Å². The number of carbonyl (C=O) groups excluding carboxylic acids is 1. The second-order valence-corrected chi connectivity index (χ2v) is 14.7. The Morgan fingerprint density at radius 3 is 2.13 bits per heavy atom. The summed E-state index contributed by atoms with van der Waals surface area (Å²) in [6, 6.07) is 14.5. The third-order valence-corrected chi connectivity index (χ3v) is 11.2. The number of amides is 1. The molecular formula is C32H42N2O3S. The molecule has 0 saturated heterocycles. The van der Waals surface area contributed by atoms with E-state index in [1.54, 1.807) is 0 Å². The van der Waals surface area contributed by atoms with Gasteiger partial charge in [0.05, 0.1) is 18.0 Å². The fraction of sp³-hybridized carbons (Fsp3) is 0.594. The summed E-state index contributed by atoms with van der Waals surface area (Å²) in [5, 5.41) is 3.12. The molecule has 38 heavy (non-hydrogen) atoms. The Hall–Kier alpha value is -2.34. The molecule has 0 aliphatic heterocycles. The van der Waals surface area contributed by atoms with Crippen LogP contribution in [0.3, 0.4) is 0 Å². The van der Waals surface area contributed by atoms with Crippen LogP contribution in [0.1, 0.15) is 93.0 Å². The molecule has 0 radical (unpaired) electrons. The fourth-order valence-corrected chi connectivity index (χ4v) is 9.46. The van der Waals surface area contributed by atoms with Crippen LogP contribution in [-0.4, -0.2) is 27.1 Å². The highest BCUT2D eigenvalue weighted by Gasteiger charge is 2.51. The Bertz CT molecular complexity index is 1270. The standard InChI is InChI=1S/C32H42N2O3S/c1-3-30(27-9-8-25-6-4-5-7-26(25)17-27)33-31(35)21-34(38(2,36)37)29-12-10-28(11-13-29)32-18-22-14-23(19-32)16-24(15-22)20-32/h8-13,17,22-24,30H,3-7,14-16,18-21H2,1-2H3,(H,33,35)/t22?,23?,24?,30-,32?/m0/s1. The molecular weight excluding hydrogens is 492 g/mol. The first-order chi connectivity index (χ1) is 18.2. The van der Waals surface area contributed by atoms with Gasteiger partial charge in [-0.05, 0) is 128 Å². The van der Waals surface area contributed by atoms with Crippen molar-refractivity contribution in [3.05, 3.63) is 64.7 Å². The van der Waals surface area contributed by atoms with E-state index in [1.165, 1.54) is 78.6 Å². The molecule has 5 aliphatic rings. The molecule has 6 heteroatoms. The molecule has 7 rings (SSSR count). The molecule has 2 aromatic carbocycles. The Morgan fingerprint density at radius 2 is 1.55 bits per heavy atom. The van der Waals surface area contributed by atoms with E-state index >= 15 is 0 Å². The van der Waals surface area contributed by atoms with Gasteiger partial charge in [-0.3, -0.25) is 9.10 Å². The molecule has 1 atom stereocenters. The number of nitrogens with one attached hydrogen (secondary N) is 1. The third kappa shape index (κ3) is 5.01. The number of rotatable bonds is 8. The molecule has 0 heterocycles. The molecule has 0 aromatic heterocycles. The highest BCUT2D eigenvalue weighted by atomic mass is 32.2. The lowest BCUT2D eigenvalue weighted by atomic mass is 9.48. The predicted octanol–water partition coefficient (Wildman–Crippen LogP) is 6.07. The van der Waals surface area contributed by atoms with Crippen molar-refractivity contribution in [3.63, 3.8) is 0 Å². The summed E-state index contributed by atoms with van der Waals surface area (Å²) in [5.74, 6) is 2.31. The minimum Gasteiger partial charge on any atom is -0.348 e. The number of benzene rings is 2. The minimum absolute atomic E-state index is 0.130. The van der Waals surface area contributed by atoms with Crippen molar-refractivity contribution in [3.8, 4) is 0 Å². The van der Waals surface area contributed by atoms with Gasteiger partial charge in [-0.2, -0.15) is 0 Å². The van der Waals surface area contributed by atoms with E-state index in [0.717, 1.165) is 42.6 Å². The van der Waals surface area contributed by atoms with E-state index in [2.05, 4.69) is 42.6 Å². The zero-order valence-electron chi connectivity index (χ0n) is 22.9. The minimum atomic E-state index is -3.62. The summed E-state index contributed by atoms with van der Waals surface area (Å²) in [6.45, 7) is 1.85. The molecule has 0 spiro atoms. The van der Waals surface area contributed by atoms with Gasteiger partial charge in [-0.1, -0.05) is 37.3 Å². The molecule has 0 unspecified atom stereocenters. The van der Waals surface area contributed by atoms with Gasteiger partial charge < -0.3 is 5.32 Å². The van der Waals surface area contributed by atoms with E-state index in [0.29, 0.717) is 5.69 Å². The topological polar surface area (TPSA) is 66.5 Å². The summed E-state index contributed by atoms with van der Waals surface area (Å²) in [4.78, 5) is 13.2. The maximum Gasteiger partial charge on any atom is 0.241 e. The van der Waals surface area contributed by atoms with Gasteiger partial charge in [0.25, 0.3) is 0 Å². The van der Waals surface area contributed by atoms with Gasteiger partial charge in [0.1, 0.15) is 6.54 Å². The van der Waals surface area contributed by atoms with Crippen LogP contribution in [0.4, 0.5) is 5.69 Å². The summed E-state index contributed by atoms with van der Waals surface area (Å²) in [6.07, 6.45) is 14.6. The van der Waals surface area contributed by atoms with Gasteiger partial charge >= 0.3 is 0 Å². The first-order valence-corrected chi connectivity index (χ1v) is 16.6. The van der Waals surface area contributed by atoms with Crippen molar-refractivity contribution >= 4 is 21.6 Å². The normalized spacial score (nSPS) is 28.5. The first kappa shape index (κ1) is 25.9. The fourth-order valence-electron chi connectivity index (χ4n) is 8.61. The predicted molar refractivity (Wildman–Crippen MR) is 153 cm³/mol. The SMILES string of the molecule is CC[C@H](NC(=O)CN(c1ccc(C23CC4CC(CC(C4)C2)C3)cc1)S(C)(=O)=O)c1ccc2c(c1)CCCC2. The van der Waals surface area contributed by atoms with E-state index < -0.39 is 10.0 Å². The highest BCUT2D eigenvalue weighted by molar-refractivity contribution is 7.92. The van der Waals surface area contributed by atoms with Crippen molar-refractivity contribution < 1.29 is 13.2 Å². The maximum atomic E-state index is 13.2. The van der Waals surface area contributed by atoms with Gasteiger partial charge in [0.15, 0.2) is 0 Å². The van der Waals surface area contributed by atoms with Crippen LogP contribution < -0.4 is 9.62 Å². The average molecular weight is 535 g/mol.